The highest BCUT2D eigenvalue weighted by Crippen LogP contribution is 2.43. The van der Waals surface area contributed by atoms with Crippen LogP contribution in [0.15, 0.2) is 42.5 Å². The van der Waals surface area contributed by atoms with E-state index in [2.05, 4.69) is 17.4 Å². The molecule has 1 saturated carbocycles. The van der Waals surface area contributed by atoms with Gasteiger partial charge in [-0.3, -0.25) is 10.1 Å². The highest BCUT2D eigenvalue weighted by Gasteiger charge is 2.32. The Hall–Kier alpha value is -2.60. The number of nitro benzene ring substituents is 1. The first kappa shape index (κ1) is 15.9. The van der Waals surface area contributed by atoms with Crippen molar-refractivity contribution in [2.24, 2.45) is 5.92 Å². The summed E-state index contributed by atoms with van der Waals surface area (Å²) in [7, 11) is 0. The van der Waals surface area contributed by atoms with Crippen LogP contribution in [0.1, 0.15) is 30.0 Å². The van der Waals surface area contributed by atoms with Crippen LogP contribution in [0.3, 0.4) is 0 Å². The van der Waals surface area contributed by atoms with Gasteiger partial charge in [-0.05, 0) is 42.0 Å². The number of hydrogen-bond acceptors (Lipinski definition) is 5. The van der Waals surface area contributed by atoms with Crippen molar-refractivity contribution in [3.05, 3.63) is 63.7 Å². The summed E-state index contributed by atoms with van der Waals surface area (Å²) in [6.07, 6.45) is 2.39. The molecular weight excluding hydrogens is 320 g/mol. The van der Waals surface area contributed by atoms with E-state index in [9.17, 15) is 10.1 Å². The zero-order valence-corrected chi connectivity index (χ0v) is 13.8. The Labute approximate surface area is 145 Å². The topological polar surface area (TPSA) is 73.6 Å². The van der Waals surface area contributed by atoms with Crippen molar-refractivity contribution < 1.29 is 14.4 Å². The molecule has 25 heavy (non-hydrogen) atoms. The molecule has 0 radical (unpaired) electrons. The lowest BCUT2D eigenvalue weighted by Crippen LogP contribution is -2.23. The number of nitro groups is 1. The minimum absolute atomic E-state index is 0.126. The summed E-state index contributed by atoms with van der Waals surface area (Å²) in [6, 6.07) is 13.1. The van der Waals surface area contributed by atoms with Crippen molar-refractivity contribution in [3.8, 4) is 11.5 Å². The van der Waals surface area contributed by atoms with E-state index in [1.54, 1.807) is 12.1 Å². The quantitative estimate of drug-likeness (QED) is 0.642. The molecule has 2 aliphatic rings. The maximum Gasteiger partial charge on any atom is 0.269 e. The summed E-state index contributed by atoms with van der Waals surface area (Å²) in [5.41, 5.74) is 2.22. The van der Waals surface area contributed by atoms with Crippen LogP contribution in [0.2, 0.25) is 0 Å². The first-order valence-corrected chi connectivity index (χ1v) is 8.57. The zero-order chi connectivity index (χ0) is 17.2. The third kappa shape index (κ3) is 3.58. The van der Waals surface area contributed by atoms with Crippen LogP contribution < -0.4 is 14.8 Å². The van der Waals surface area contributed by atoms with E-state index in [0.717, 1.165) is 17.1 Å². The largest absolute Gasteiger partial charge is 0.486 e. The van der Waals surface area contributed by atoms with Crippen molar-refractivity contribution in [2.45, 2.75) is 25.4 Å². The van der Waals surface area contributed by atoms with Crippen LogP contribution in [-0.4, -0.2) is 18.1 Å². The molecule has 1 aliphatic heterocycles. The van der Waals surface area contributed by atoms with Crippen molar-refractivity contribution >= 4 is 5.69 Å². The molecule has 0 bridgehead atoms. The third-order valence-corrected chi connectivity index (χ3v) is 4.67. The van der Waals surface area contributed by atoms with E-state index in [-0.39, 0.29) is 16.7 Å². The van der Waals surface area contributed by atoms with Crippen molar-refractivity contribution in [3.63, 3.8) is 0 Å². The number of nitrogens with zero attached hydrogens (tertiary/aromatic N) is 1. The second kappa shape index (κ2) is 6.72. The molecule has 0 saturated heterocycles. The summed E-state index contributed by atoms with van der Waals surface area (Å²) in [5.74, 6) is 2.19. The summed E-state index contributed by atoms with van der Waals surface area (Å²) in [6.45, 7) is 1.76. The average molecular weight is 340 g/mol. The van der Waals surface area contributed by atoms with Gasteiger partial charge in [0.1, 0.15) is 13.2 Å². The number of nitrogens with one attached hydrogen (secondary N) is 1. The van der Waals surface area contributed by atoms with Gasteiger partial charge in [0.25, 0.3) is 5.69 Å². The lowest BCUT2D eigenvalue weighted by molar-refractivity contribution is -0.384. The minimum Gasteiger partial charge on any atom is -0.486 e. The fourth-order valence-electron chi connectivity index (χ4n) is 3.25. The van der Waals surface area contributed by atoms with Crippen LogP contribution in [0, 0.1) is 16.0 Å². The lowest BCUT2D eigenvalue weighted by atomic mass is 10.0. The molecule has 6 heteroatoms. The lowest BCUT2D eigenvalue weighted by Gasteiger charge is -2.23. The van der Waals surface area contributed by atoms with E-state index < -0.39 is 0 Å². The number of rotatable bonds is 6. The molecule has 1 atom stereocenters. The van der Waals surface area contributed by atoms with Gasteiger partial charge in [0.05, 0.1) is 4.92 Å². The Morgan fingerprint density at radius 2 is 1.92 bits per heavy atom. The predicted octanol–water partition coefficient (Wildman–Crippen LogP) is 3.61. The Balaban J connectivity index is 1.50. The Morgan fingerprint density at radius 3 is 2.68 bits per heavy atom. The van der Waals surface area contributed by atoms with Crippen LogP contribution >= 0.6 is 0 Å². The van der Waals surface area contributed by atoms with E-state index in [1.807, 2.05) is 12.1 Å². The summed E-state index contributed by atoms with van der Waals surface area (Å²) >= 11 is 0. The molecule has 130 valence electrons. The standard InChI is InChI=1S/C19H20N2O4/c22-21(23)16-3-1-2-13(10-16)12-20-19(14-4-5-14)15-6-7-17-18(11-15)25-9-8-24-17/h1-3,6-7,10-11,14,19-20H,4-5,8-9,12H2. The average Bonchev–Trinajstić information content (AvgIpc) is 3.47. The second-order valence-corrected chi connectivity index (χ2v) is 6.53. The predicted molar refractivity (Wildman–Crippen MR) is 92.8 cm³/mol. The fourth-order valence-corrected chi connectivity index (χ4v) is 3.25. The Bertz CT molecular complexity index is 789. The highest BCUT2D eigenvalue weighted by molar-refractivity contribution is 5.45. The van der Waals surface area contributed by atoms with Gasteiger partial charge in [0.15, 0.2) is 11.5 Å². The number of non-ortho nitro benzene ring substituents is 1. The Morgan fingerprint density at radius 1 is 1.12 bits per heavy atom. The van der Waals surface area contributed by atoms with E-state index in [1.165, 1.54) is 24.5 Å². The first-order valence-electron chi connectivity index (χ1n) is 8.57. The van der Waals surface area contributed by atoms with Crippen molar-refractivity contribution in [1.82, 2.24) is 5.32 Å². The molecule has 1 fully saturated rings. The zero-order valence-electron chi connectivity index (χ0n) is 13.8. The van der Waals surface area contributed by atoms with Gasteiger partial charge in [-0.25, -0.2) is 0 Å². The normalized spacial score (nSPS) is 17.1. The van der Waals surface area contributed by atoms with Gasteiger partial charge in [-0.2, -0.15) is 0 Å². The monoisotopic (exact) mass is 340 g/mol. The second-order valence-electron chi connectivity index (χ2n) is 6.53. The van der Waals surface area contributed by atoms with Crippen LogP contribution in [-0.2, 0) is 6.54 Å². The maximum absolute atomic E-state index is 10.9. The minimum atomic E-state index is -0.358. The van der Waals surface area contributed by atoms with Gasteiger partial charge in [0.2, 0.25) is 0 Å². The van der Waals surface area contributed by atoms with Crippen LogP contribution in [0.5, 0.6) is 11.5 Å². The molecule has 2 aromatic rings. The molecule has 1 heterocycles. The number of benzene rings is 2. The molecular formula is C19H20N2O4. The van der Waals surface area contributed by atoms with Gasteiger partial charge in [-0.1, -0.05) is 18.2 Å². The molecule has 1 N–H and O–H groups in total. The molecule has 0 spiro atoms. The maximum atomic E-state index is 10.9. The summed E-state index contributed by atoms with van der Waals surface area (Å²) in [5, 5.41) is 14.5. The van der Waals surface area contributed by atoms with E-state index in [4.69, 9.17) is 9.47 Å². The molecule has 1 unspecified atom stereocenters. The molecule has 1 aliphatic carbocycles. The number of hydrogen-bond donors (Lipinski definition) is 1. The highest BCUT2D eigenvalue weighted by atomic mass is 16.6. The van der Waals surface area contributed by atoms with Crippen molar-refractivity contribution in [1.29, 1.82) is 0 Å². The Kier molecular flexibility index (Phi) is 4.28. The van der Waals surface area contributed by atoms with E-state index in [0.29, 0.717) is 25.7 Å². The molecule has 2 aromatic carbocycles. The van der Waals surface area contributed by atoms with Crippen molar-refractivity contribution in [2.75, 3.05) is 13.2 Å². The van der Waals surface area contributed by atoms with Gasteiger partial charge in [-0.15, -0.1) is 0 Å². The van der Waals surface area contributed by atoms with Gasteiger partial charge >= 0.3 is 0 Å². The summed E-state index contributed by atoms with van der Waals surface area (Å²) < 4.78 is 11.3. The fraction of sp³-hybridized carbons (Fsp3) is 0.368. The number of fused-ring (bicyclic) bond motifs is 1. The van der Waals surface area contributed by atoms with Gasteiger partial charge < -0.3 is 14.8 Å². The molecule has 6 nitrogen and oxygen atoms in total. The van der Waals surface area contributed by atoms with Crippen LogP contribution in [0.4, 0.5) is 5.69 Å². The smallest absolute Gasteiger partial charge is 0.269 e. The summed E-state index contributed by atoms with van der Waals surface area (Å²) in [4.78, 5) is 10.6. The molecule has 4 rings (SSSR count). The molecule has 0 amide bonds. The number of ether oxygens (including phenoxy) is 2. The SMILES string of the molecule is O=[N+]([O-])c1cccc(CNC(c2ccc3c(c2)OCCO3)C2CC2)c1. The van der Waals surface area contributed by atoms with Gasteiger partial charge in [0, 0.05) is 24.7 Å². The third-order valence-electron chi connectivity index (χ3n) is 4.67. The molecule has 0 aromatic heterocycles. The van der Waals surface area contributed by atoms with E-state index >= 15 is 0 Å². The first-order chi connectivity index (χ1) is 12.2. The van der Waals surface area contributed by atoms with Crippen LogP contribution in [0.25, 0.3) is 0 Å².